The molecule has 0 radical (unpaired) electrons. The number of aryl methyl sites for hydroxylation is 1. The van der Waals surface area contributed by atoms with Crippen LogP contribution < -0.4 is 0 Å². The second kappa shape index (κ2) is 7.81. The predicted molar refractivity (Wildman–Crippen MR) is 86.3 cm³/mol. The fourth-order valence-corrected chi connectivity index (χ4v) is 2.98. The first-order valence-electron chi connectivity index (χ1n) is 6.83. The van der Waals surface area contributed by atoms with Gasteiger partial charge in [0.05, 0.1) is 4.92 Å². The molecule has 0 heterocycles. The molecule has 0 aliphatic carbocycles. The van der Waals surface area contributed by atoms with E-state index in [9.17, 15) is 10.1 Å². The van der Waals surface area contributed by atoms with Gasteiger partial charge in [0.15, 0.2) is 0 Å². The topological polar surface area (TPSA) is 46.4 Å². The molecule has 0 aliphatic heterocycles. The first kappa shape index (κ1) is 15.5. The van der Waals surface area contributed by atoms with Crippen LogP contribution in [-0.4, -0.2) is 22.8 Å². The third-order valence-corrected chi connectivity index (χ3v) is 4.13. The fraction of sp³-hybridized carbons (Fsp3) is 0.250. The Morgan fingerprint density at radius 1 is 1.10 bits per heavy atom. The van der Waals surface area contributed by atoms with Crippen LogP contribution in [0.25, 0.3) is 0 Å². The summed E-state index contributed by atoms with van der Waals surface area (Å²) in [5.74, 6) is 0. The Balaban J connectivity index is 1.85. The molecule has 0 aliphatic rings. The normalized spacial score (nSPS) is 10.8. The standard InChI is InChI=1S/C16H18N2O2S/c1-17(13-7-10-14-8-3-2-4-9-14)21-16-12-6-5-11-15(16)18(19)20/h2-6,8-9,11-12H,7,10,13H2,1H3. The van der Waals surface area contributed by atoms with Gasteiger partial charge < -0.3 is 0 Å². The number of nitro benzene ring substituents is 1. The molecule has 5 heteroatoms. The largest absolute Gasteiger partial charge is 0.284 e. The second-order valence-corrected chi connectivity index (χ2v) is 6.00. The molecule has 0 aromatic heterocycles. The minimum absolute atomic E-state index is 0.164. The molecule has 4 nitrogen and oxygen atoms in total. The van der Waals surface area contributed by atoms with Gasteiger partial charge in [0.1, 0.15) is 4.90 Å². The van der Waals surface area contributed by atoms with Gasteiger partial charge in [-0.05, 0) is 43.5 Å². The number of nitrogens with zero attached hydrogens (tertiary/aromatic N) is 2. The van der Waals surface area contributed by atoms with Crippen LogP contribution in [0.4, 0.5) is 5.69 Å². The summed E-state index contributed by atoms with van der Waals surface area (Å²) in [6, 6.07) is 17.2. The van der Waals surface area contributed by atoms with Gasteiger partial charge >= 0.3 is 0 Å². The van der Waals surface area contributed by atoms with Crippen molar-refractivity contribution in [2.45, 2.75) is 17.7 Å². The lowest BCUT2D eigenvalue weighted by Gasteiger charge is -2.15. The molecule has 0 N–H and O–H groups in total. The van der Waals surface area contributed by atoms with Crippen molar-refractivity contribution in [2.24, 2.45) is 0 Å². The molecule has 0 fully saturated rings. The molecule has 0 spiro atoms. The molecule has 21 heavy (non-hydrogen) atoms. The van der Waals surface area contributed by atoms with Gasteiger partial charge in [0.25, 0.3) is 5.69 Å². The number of rotatable bonds is 7. The molecule has 0 atom stereocenters. The number of nitro groups is 1. The molecule has 0 unspecified atom stereocenters. The van der Waals surface area contributed by atoms with E-state index in [4.69, 9.17) is 0 Å². The molecule has 0 saturated carbocycles. The van der Waals surface area contributed by atoms with E-state index in [2.05, 4.69) is 12.1 Å². The monoisotopic (exact) mass is 302 g/mol. The van der Waals surface area contributed by atoms with Crippen molar-refractivity contribution < 1.29 is 4.92 Å². The Morgan fingerprint density at radius 3 is 2.48 bits per heavy atom. The highest BCUT2D eigenvalue weighted by Gasteiger charge is 2.14. The fourth-order valence-electron chi connectivity index (χ4n) is 2.05. The van der Waals surface area contributed by atoms with Crippen LogP contribution in [0, 0.1) is 10.1 Å². The number of hydrogen-bond donors (Lipinski definition) is 0. The highest BCUT2D eigenvalue weighted by molar-refractivity contribution is 7.97. The molecule has 0 amide bonds. The van der Waals surface area contributed by atoms with Gasteiger partial charge in [-0.25, -0.2) is 4.31 Å². The number of benzene rings is 2. The van der Waals surface area contributed by atoms with Crippen LogP contribution >= 0.6 is 11.9 Å². The minimum Gasteiger partial charge on any atom is -0.258 e. The van der Waals surface area contributed by atoms with Gasteiger partial charge in [0.2, 0.25) is 0 Å². The van der Waals surface area contributed by atoms with Gasteiger partial charge in [-0.2, -0.15) is 0 Å². The van der Waals surface area contributed by atoms with E-state index in [1.54, 1.807) is 18.2 Å². The number of hydrogen-bond acceptors (Lipinski definition) is 4. The molecule has 0 bridgehead atoms. The Labute approximate surface area is 129 Å². The highest BCUT2D eigenvalue weighted by Crippen LogP contribution is 2.30. The van der Waals surface area contributed by atoms with Gasteiger partial charge in [-0.15, -0.1) is 0 Å². The molecule has 110 valence electrons. The average Bonchev–Trinajstić information content (AvgIpc) is 2.48. The van der Waals surface area contributed by atoms with Crippen molar-refractivity contribution in [3.8, 4) is 0 Å². The molecular weight excluding hydrogens is 284 g/mol. The highest BCUT2D eigenvalue weighted by atomic mass is 32.2. The van der Waals surface area contributed by atoms with Gasteiger partial charge in [-0.1, -0.05) is 42.5 Å². The minimum atomic E-state index is -0.333. The van der Waals surface area contributed by atoms with Crippen LogP contribution in [0.5, 0.6) is 0 Å². The third-order valence-electron chi connectivity index (χ3n) is 3.10. The van der Waals surface area contributed by atoms with E-state index < -0.39 is 0 Å². The van der Waals surface area contributed by atoms with Gasteiger partial charge in [0, 0.05) is 12.6 Å². The lowest BCUT2D eigenvalue weighted by atomic mass is 10.1. The summed E-state index contributed by atoms with van der Waals surface area (Å²) in [4.78, 5) is 11.3. The molecule has 2 aromatic carbocycles. The van der Waals surface area contributed by atoms with Crippen molar-refractivity contribution in [2.75, 3.05) is 13.6 Å². The summed E-state index contributed by atoms with van der Waals surface area (Å²) in [6.07, 6.45) is 2.04. The Hall–Kier alpha value is -1.85. The van der Waals surface area contributed by atoms with Crippen LogP contribution in [0.1, 0.15) is 12.0 Å². The summed E-state index contributed by atoms with van der Waals surface area (Å²) in [6.45, 7) is 0.881. The van der Waals surface area contributed by atoms with Crippen LogP contribution in [-0.2, 0) is 6.42 Å². The van der Waals surface area contributed by atoms with Gasteiger partial charge in [-0.3, -0.25) is 10.1 Å². The maximum atomic E-state index is 11.0. The van der Waals surface area contributed by atoms with Crippen molar-refractivity contribution in [1.82, 2.24) is 4.31 Å². The summed E-state index contributed by atoms with van der Waals surface area (Å²) >= 11 is 1.43. The van der Waals surface area contributed by atoms with Crippen LogP contribution in [0.15, 0.2) is 59.5 Å². The Bertz CT molecular complexity index is 590. The van der Waals surface area contributed by atoms with Crippen molar-refractivity contribution >= 4 is 17.6 Å². The summed E-state index contributed by atoms with van der Waals surface area (Å²) in [5.41, 5.74) is 1.49. The number of para-hydroxylation sites is 1. The predicted octanol–water partition coefficient (Wildman–Crippen LogP) is 4.17. The van der Waals surface area contributed by atoms with Crippen LogP contribution in [0.3, 0.4) is 0 Å². The van der Waals surface area contributed by atoms with E-state index in [0.717, 1.165) is 19.4 Å². The maximum Gasteiger partial charge on any atom is 0.284 e. The first-order valence-corrected chi connectivity index (χ1v) is 7.60. The Morgan fingerprint density at radius 2 is 1.76 bits per heavy atom. The molecule has 0 saturated heterocycles. The van der Waals surface area contributed by atoms with Crippen LogP contribution in [0.2, 0.25) is 0 Å². The lowest BCUT2D eigenvalue weighted by molar-refractivity contribution is -0.387. The van der Waals surface area contributed by atoms with Crippen molar-refractivity contribution in [3.05, 3.63) is 70.3 Å². The van der Waals surface area contributed by atoms with E-state index >= 15 is 0 Å². The third kappa shape index (κ3) is 4.88. The molecule has 2 rings (SSSR count). The van der Waals surface area contributed by atoms with Crippen molar-refractivity contribution in [3.63, 3.8) is 0 Å². The second-order valence-electron chi connectivity index (χ2n) is 4.76. The summed E-state index contributed by atoms with van der Waals surface area (Å²) in [5, 5.41) is 11.0. The van der Waals surface area contributed by atoms with E-state index in [-0.39, 0.29) is 10.6 Å². The Kier molecular flexibility index (Phi) is 5.78. The zero-order valence-electron chi connectivity index (χ0n) is 11.9. The zero-order valence-corrected chi connectivity index (χ0v) is 12.8. The first-order chi connectivity index (χ1) is 10.2. The summed E-state index contributed by atoms with van der Waals surface area (Å²) in [7, 11) is 1.96. The average molecular weight is 302 g/mol. The SMILES string of the molecule is CN(CCCc1ccccc1)Sc1ccccc1[N+](=O)[O-]. The van der Waals surface area contributed by atoms with E-state index in [0.29, 0.717) is 4.90 Å². The maximum absolute atomic E-state index is 11.0. The summed E-state index contributed by atoms with van der Waals surface area (Å²) < 4.78 is 2.05. The molecular formula is C16H18N2O2S. The zero-order chi connectivity index (χ0) is 15.1. The molecule has 2 aromatic rings. The smallest absolute Gasteiger partial charge is 0.258 e. The van der Waals surface area contributed by atoms with E-state index in [1.807, 2.05) is 35.6 Å². The quantitative estimate of drug-likeness (QED) is 0.437. The van der Waals surface area contributed by atoms with Crippen molar-refractivity contribution in [1.29, 1.82) is 0 Å². The van der Waals surface area contributed by atoms with E-state index in [1.165, 1.54) is 17.5 Å². The lowest BCUT2D eigenvalue weighted by Crippen LogP contribution is -2.11.